The number of nitrogens with one attached hydrogen (secondary N) is 1. The molecule has 37 heavy (non-hydrogen) atoms. The first-order valence-electron chi connectivity index (χ1n) is 12.7. The van der Waals surface area contributed by atoms with Gasteiger partial charge in [0.15, 0.2) is 0 Å². The van der Waals surface area contributed by atoms with Crippen molar-refractivity contribution in [3.8, 4) is 11.1 Å². The number of amides is 1. The van der Waals surface area contributed by atoms with E-state index in [1.54, 1.807) is 46.8 Å². The number of halogens is 2. The van der Waals surface area contributed by atoms with Gasteiger partial charge in [0.1, 0.15) is 17.6 Å². The summed E-state index contributed by atoms with van der Waals surface area (Å²) in [6.07, 6.45) is -1.74. The van der Waals surface area contributed by atoms with Crippen molar-refractivity contribution >= 4 is 12.1 Å². The minimum Gasteiger partial charge on any atom is -0.466 e. The van der Waals surface area contributed by atoms with E-state index in [9.17, 15) is 14.0 Å². The lowest BCUT2D eigenvalue weighted by atomic mass is 9.89. The van der Waals surface area contributed by atoms with E-state index in [0.29, 0.717) is 25.2 Å². The molecule has 0 unspecified atom stereocenters. The van der Waals surface area contributed by atoms with Crippen molar-refractivity contribution in [1.29, 1.82) is 0 Å². The summed E-state index contributed by atoms with van der Waals surface area (Å²) < 4.78 is 39.2. The number of benzene rings is 2. The summed E-state index contributed by atoms with van der Waals surface area (Å²) in [5.41, 5.74) is 4.66. The number of rotatable bonds is 8. The van der Waals surface area contributed by atoms with Crippen molar-refractivity contribution in [2.24, 2.45) is 0 Å². The molecule has 0 aromatic heterocycles. The molecule has 1 amide bonds. The molecule has 1 saturated heterocycles. The molecule has 0 radical (unpaired) electrons. The van der Waals surface area contributed by atoms with Crippen LogP contribution in [0.1, 0.15) is 68.0 Å². The Morgan fingerprint density at radius 3 is 2.24 bits per heavy atom. The minimum absolute atomic E-state index is 0.174. The predicted molar refractivity (Wildman–Crippen MR) is 140 cm³/mol. The van der Waals surface area contributed by atoms with E-state index in [4.69, 9.17) is 9.47 Å². The fraction of sp³-hybridized carbons (Fsp3) is 0.517. The van der Waals surface area contributed by atoms with E-state index in [-0.39, 0.29) is 18.6 Å². The number of ether oxygens (including phenoxy) is 2. The third kappa shape index (κ3) is 7.51. The van der Waals surface area contributed by atoms with Gasteiger partial charge in [-0.3, -0.25) is 9.69 Å². The normalized spacial score (nSPS) is 15.2. The summed E-state index contributed by atoms with van der Waals surface area (Å²) in [5, 5.41) is 2.66. The standard InChI is InChI=1S/C29H38F2N2O4/c1-8-36-25(34)13-24(32-28(35)37-29(5,6)7)23-12-21(11-19(4)27(23)31)26-17(2)9-20(10-18(26)3)14-33-15-22(30)16-33/h9-12,22,24H,8,13-16H2,1-7H3,(H,32,35)/t24-/m0/s1. The molecular weight excluding hydrogens is 478 g/mol. The van der Waals surface area contributed by atoms with Crippen molar-refractivity contribution in [2.75, 3.05) is 19.7 Å². The number of aryl methyl sites for hydroxylation is 3. The Morgan fingerprint density at radius 1 is 1.08 bits per heavy atom. The quantitative estimate of drug-likeness (QED) is 0.430. The first-order chi connectivity index (χ1) is 17.3. The second-order valence-electron chi connectivity index (χ2n) is 10.8. The summed E-state index contributed by atoms with van der Waals surface area (Å²) in [7, 11) is 0. The third-order valence-corrected chi connectivity index (χ3v) is 6.23. The van der Waals surface area contributed by atoms with Gasteiger partial charge >= 0.3 is 12.1 Å². The van der Waals surface area contributed by atoms with E-state index in [0.717, 1.165) is 27.8 Å². The molecule has 0 bridgehead atoms. The molecule has 0 aliphatic carbocycles. The van der Waals surface area contributed by atoms with Crippen molar-refractivity contribution in [2.45, 2.75) is 79.2 Å². The lowest BCUT2D eigenvalue weighted by molar-refractivity contribution is -0.143. The van der Waals surface area contributed by atoms with Crippen molar-refractivity contribution in [3.63, 3.8) is 0 Å². The number of carbonyl (C=O) groups is 2. The van der Waals surface area contributed by atoms with Crippen LogP contribution in [0, 0.1) is 26.6 Å². The molecule has 0 spiro atoms. The number of hydrogen-bond acceptors (Lipinski definition) is 5. The third-order valence-electron chi connectivity index (χ3n) is 6.23. The highest BCUT2D eigenvalue weighted by atomic mass is 19.1. The Bertz CT molecular complexity index is 1130. The van der Waals surface area contributed by atoms with Gasteiger partial charge in [0.2, 0.25) is 0 Å². The molecule has 1 aliphatic rings. The number of likely N-dealkylation sites (tertiary alicyclic amines) is 1. The molecule has 3 rings (SSSR count). The molecule has 1 atom stereocenters. The van der Waals surface area contributed by atoms with Gasteiger partial charge in [0.05, 0.1) is 19.1 Å². The summed E-state index contributed by atoms with van der Waals surface area (Å²) in [4.78, 5) is 27.0. The van der Waals surface area contributed by atoms with Crippen LogP contribution < -0.4 is 5.32 Å². The van der Waals surface area contributed by atoms with Gasteiger partial charge in [-0.25, -0.2) is 13.6 Å². The van der Waals surface area contributed by atoms with Crippen LogP contribution >= 0.6 is 0 Å². The second kappa shape index (κ2) is 11.6. The first kappa shape index (κ1) is 28.6. The van der Waals surface area contributed by atoms with Crippen LogP contribution in [0.5, 0.6) is 0 Å². The van der Waals surface area contributed by atoms with Crippen molar-refractivity contribution in [1.82, 2.24) is 10.2 Å². The van der Waals surface area contributed by atoms with E-state index >= 15 is 4.39 Å². The zero-order valence-corrected chi connectivity index (χ0v) is 22.8. The van der Waals surface area contributed by atoms with Crippen molar-refractivity contribution < 1.29 is 27.8 Å². The SMILES string of the molecule is CCOC(=O)C[C@H](NC(=O)OC(C)(C)C)c1cc(-c2c(C)cc(CN3CC(F)C3)cc2C)cc(C)c1F. The van der Waals surface area contributed by atoms with Crippen LogP contribution in [0.4, 0.5) is 13.6 Å². The topological polar surface area (TPSA) is 67.9 Å². The number of hydrogen-bond donors (Lipinski definition) is 1. The van der Waals surface area contributed by atoms with Gasteiger partial charge < -0.3 is 14.8 Å². The fourth-order valence-electron chi connectivity index (χ4n) is 4.76. The average molecular weight is 517 g/mol. The summed E-state index contributed by atoms with van der Waals surface area (Å²) in [6, 6.07) is 6.61. The highest BCUT2D eigenvalue weighted by Gasteiger charge is 2.28. The van der Waals surface area contributed by atoms with Crippen LogP contribution in [0.15, 0.2) is 24.3 Å². The van der Waals surface area contributed by atoms with E-state index in [1.807, 2.05) is 13.8 Å². The molecule has 8 heteroatoms. The number of nitrogens with zero attached hydrogens (tertiary/aromatic N) is 1. The largest absolute Gasteiger partial charge is 0.466 e. The zero-order chi connectivity index (χ0) is 27.5. The Hall–Kier alpha value is -3.00. The fourth-order valence-corrected chi connectivity index (χ4v) is 4.76. The Morgan fingerprint density at radius 2 is 1.70 bits per heavy atom. The summed E-state index contributed by atoms with van der Waals surface area (Å²) in [5.74, 6) is -1.05. The number of alkyl halides is 1. The molecular formula is C29H38F2N2O4. The van der Waals surface area contributed by atoms with Gasteiger partial charge in [0.25, 0.3) is 0 Å². The Labute approximate surface area is 218 Å². The molecule has 2 aromatic carbocycles. The van der Waals surface area contributed by atoms with Crippen LogP contribution in [-0.2, 0) is 20.8 Å². The van der Waals surface area contributed by atoms with Gasteiger partial charge in [-0.05, 0) is 94.0 Å². The second-order valence-corrected chi connectivity index (χ2v) is 10.8. The highest BCUT2D eigenvalue weighted by molar-refractivity contribution is 5.76. The van der Waals surface area contributed by atoms with Crippen LogP contribution in [-0.4, -0.2) is 48.4 Å². The maximum Gasteiger partial charge on any atom is 0.408 e. The van der Waals surface area contributed by atoms with Crippen LogP contribution in [0.2, 0.25) is 0 Å². The minimum atomic E-state index is -0.979. The number of esters is 1. The molecule has 1 N–H and O–H groups in total. The molecule has 0 saturated carbocycles. The van der Waals surface area contributed by atoms with E-state index in [2.05, 4.69) is 22.3 Å². The maximum atomic E-state index is 15.5. The van der Waals surface area contributed by atoms with E-state index in [1.165, 1.54) is 0 Å². The highest BCUT2D eigenvalue weighted by Crippen LogP contribution is 2.34. The first-order valence-corrected chi connectivity index (χ1v) is 12.7. The lowest BCUT2D eigenvalue weighted by Crippen LogP contribution is -2.47. The molecule has 1 heterocycles. The summed E-state index contributed by atoms with van der Waals surface area (Å²) in [6.45, 7) is 14.3. The maximum absolute atomic E-state index is 15.5. The van der Waals surface area contributed by atoms with Gasteiger partial charge in [-0.15, -0.1) is 0 Å². The number of carbonyl (C=O) groups excluding carboxylic acids is 2. The smallest absolute Gasteiger partial charge is 0.408 e. The van der Waals surface area contributed by atoms with Gasteiger partial charge in [0, 0.05) is 25.2 Å². The van der Waals surface area contributed by atoms with Gasteiger partial charge in [-0.1, -0.05) is 12.1 Å². The zero-order valence-electron chi connectivity index (χ0n) is 22.8. The van der Waals surface area contributed by atoms with E-state index < -0.39 is 35.7 Å². The van der Waals surface area contributed by atoms with Crippen LogP contribution in [0.25, 0.3) is 11.1 Å². The molecule has 6 nitrogen and oxygen atoms in total. The van der Waals surface area contributed by atoms with Gasteiger partial charge in [-0.2, -0.15) is 0 Å². The summed E-state index contributed by atoms with van der Waals surface area (Å²) >= 11 is 0. The monoisotopic (exact) mass is 516 g/mol. The Kier molecular flexibility index (Phi) is 8.95. The lowest BCUT2D eigenvalue weighted by Gasteiger charge is -2.34. The molecule has 1 aliphatic heterocycles. The predicted octanol–water partition coefficient (Wildman–Crippen LogP) is 6.09. The average Bonchev–Trinajstić information content (AvgIpc) is 2.73. The van der Waals surface area contributed by atoms with Crippen molar-refractivity contribution in [3.05, 3.63) is 57.9 Å². The van der Waals surface area contributed by atoms with Crippen LogP contribution in [0.3, 0.4) is 0 Å². The number of alkyl carbamates (subject to hydrolysis) is 1. The molecule has 2 aromatic rings. The molecule has 1 fully saturated rings. The molecule has 202 valence electrons. The Balaban J connectivity index is 1.98.